The summed E-state index contributed by atoms with van der Waals surface area (Å²) in [5, 5.41) is 2.94. The molecule has 2 amide bonds. The van der Waals surface area contributed by atoms with Crippen molar-refractivity contribution in [3.63, 3.8) is 0 Å². The molecule has 5 nitrogen and oxygen atoms in total. The molecule has 1 aromatic carbocycles. The third-order valence-corrected chi connectivity index (χ3v) is 5.20. The van der Waals surface area contributed by atoms with Crippen LogP contribution in [0.25, 0.3) is 0 Å². The van der Waals surface area contributed by atoms with Crippen LogP contribution in [0.15, 0.2) is 42.6 Å². The van der Waals surface area contributed by atoms with E-state index in [1.807, 2.05) is 17.0 Å². The number of benzene rings is 1. The molecule has 4 rings (SSSR count). The standard InChI is InChI=1S/C20H23FN4O/c21-16-7-5-15(6-8-16)18-4-3-13-25(18)20(26)23-17-9-10-19(22-14-17)24-11-1-2-12-24/h5-10,14,18H,1-4,11-13H2,(H,23,26). The fourth-order valence-corrected chi connectivity index (χ4v) is 3.83. The number of rotatable bonds is 3. The van der Waals surface area contributed by atoms with E-state index in [9.17, 15) is 9.18 Å². The normalized spacial score (nSPS) is 19.8. The lowest BCUT2D eigenvalue weighted by Crippen LogP contribution is -2.34. The largest absolute Gasteiger partial charge is 0.357 e. The highest BCUT2D eigenvalue weighted by Crippen LogP contribution is 2.32. The van der Waals surface area contributed by atoms with Gasteiger partial charge in [-0.15, -0.1) is 0 Å². The maximum Gasteiger partial charge on any atom is 0.322 e. The number of anilines is 2. The molecular weight excluding hydrogens is 331 g/mol. The van der Waals surface area contributed by atoms with E-state index in [4.69, 9.17) is 0 Å². The predicted octanol–water partition coefficient (Wildman–Crippen LogP) is 4.19. The Morgan fingerprint density at radius 3 is 2.50 bits per heavy atom. The number of halogens is 1. The van der Waals surface area contributed by atoms with Gasteiger partial charge in [-0.25, -0.2) is 14.2 Å². The van der Waals surface area contributed by atoms with Crippen LogP contribution in [0.4, 0.5) is 20.7 Å². The minimum atomic E-state index is -0.257. The van der Waals surface area contributed by atoms with Crippen LogP contribution < -0.4 is 10.2 Å². The van der Waals surface area contributed by atoms with Crippen molar-refractivity contribution in [1.29, 1.82) is 0 Å². The average molecular weight is 354 g/mol. The lowest BCUT2D eigenvalue weighted by Gasteiger charge is -2.25. The van der Waals surface area contributed by atoms with Crippen molar-refractivity contribution >= 4 is 17.5 Å². The molecular formula is C20H23FN4O. The molecule has 136 valence electrons. The number of carbonyl (C=O) groups is 1. The number of aromatic nitrogens is 1. The number of carbonyl (C=O) groups excluding carboxylic acids is 1. The summed E-state index contributed by atoms with van der Waals surface area (Å²) in [6.07, 6.45) is 5.97. The molecule has 0 saturated carbocycles. The lowest BCUT2D eigenvalue weighted by molar-refractivity contribution is 0.207. The minimum Gasteiger partial charge on any atom is -0.357 e. The van der Waals surface area contributed by atoms with Crippen LogP contribution in [-0.4, -0.2) is 35.5 Å². The average Bonchev–Trinajstić information content (AvgIpc) is 3.35. The van der Waals surface area contributed by atoms with Gasteiger partial charge in [0, 0.05) is 19.6 Å². The van der Waals surface area contributed by atoms with Crippen molar-refractivity contribution in [3.8, 4) is 0 Å². The van der Waals surface area contributed by atoms with Gasteiger partial charge in [-0.05, 0) is 55.5 Å². The van der Waals surface area contributed by atoms with Gasteiger partial charge in [0.25, 0.3) is 0 Å². The fraction of sp³-hybridized carbons (Fsp3) is 0.400. The zero-order chi connectivity index (χ0) is 17.9. The number of pyridine rings is 1. The Morgan fingerprint density at radius 1 is 1.04 bits per heavy atom. The van der Waals surface area contributed by atoms with Gasteiger partial charge < -0.3 is 15.1 Å². The maximum atomic E-state index is 13.2. The smallest absolute Gasteiger partial charge is 0.322 e. The van der Waals surface area contributed by atoms with Gasteiger partial charge in [-0.1, -0.05) is 12.1 Å². The van der Waals surface area contributed by atoms with E-state index in [0.29, 0.717) is 12.2 Å². The Bertz CT molecular complexity index is 756. The molecule has 0 bridgehead atoms. The summed E-state index contributed by atoms with van der Waals surface area (Å²) in [5.41, 5.74) is 1.67. The van der Waals surface area contributed by atoms with E-state index < -0.39 is 0 Å². The Morgan fingerprint density at radius 2 is 1.81 bits per heavy atom. The Balaban J connectivity index is 1.42. The SMILES string of the molecule is O=C(Nc1ccc(N2CCCC2)nc1)N1CCCC1c1ccc(F)cc1. The van der Waals surface area contributed by atoms with Crippen molar-refractivity contribution in [2.24, 2.45) is 0 Å². The van der Waals surface area contributed by atoms with Crippen LogP contribution in [0.2, 0.25) is 0 Å². The first-order valence-electron chi connectivity index (χ1n) is 9.25. The molecule has 1 unspecified atom stereocenters. The van der Waals surface area contributed by atoms with Gasteiger partial charge in [-0.3, -0.25) is 0 Å². The topological polar surface area (TPSA) is 48.5 Å². The van der Waals surface area contributed by atoms with Crippen molar-refractivity contribution in [1.82, 2.24) is 9.88 Å². The molecule has 26 heavy (non-hydrogen) atoms. The van der Waals surface area contributed by atoms with E-state index in [-0.39, 0.29) is 17.9 Å². The Hall–Kier alpha value is -2.63. The van der Waals surface area contributed by atoms with E-state index >= 15 is 0 Å². The van der Waals surface area contributed by atoms with Gasteiger partial charge in [0.1, 0.15) is 11.6 Å². The molecule has 1 N–H and O–H groups in total. The minimum absolute atomic E-state index is 0.00701. The quantitative estimate of drug-likeness (QED) is 0.899. The molecule has 2 aliphatic rings. The first-order chi connectivity index (χ1) is 12.7. The number of likely N-dealkylation sites (tertiary alicyclic amines) is 1. The van der Waals surface area contributed by atoms with E-state index in [2.05, 4.69) is 15.2 Å². The fourth-order valence-electron chi connectivity index (χ4n) is 3.83. The highest BCUT2D eigenvalue weighted by Gasteiger charge is 2.30. The molecule has 2 fully saturated rings. The zero-order valence-corrected chi connectivity index (χ0v) is 14.7. The van der Waals surface area contributed by atoms with Crippen LogP contribution in [-0.2, 0) is 0 Å². The summed E-state index contributed by atoms with van der Waals surface area (Å²) >= 11 is 0. The zero-order valence-electron chi connectivity index (χ0n) is 14.7. The molecule has 0 aliphatic carbocycles. The maximum absolute atomic E-state index is 13.2. The number of urea groups is 1. The molecule has 0 spiro atoms. The van der Waals surface area contributed by atoms with Crippen LogP contribution >= 0.6 is 0 Å². The van der Waals surface area contributed by atoms with Crippen LogP contribution in [0.5, 0.6) is 0 Å². The molecule has 1 aromatic heterocycles. The second kappa shape index (κ2) is 7.32. The molecule has 1 atom stereocenters. The van der Waals surface area contributed by atoms with Crippen molar-refractivity contribution in [3.05, 3.63) is 54.0 Å². The number of nitrogens with zero attached hydrogens (tertiary/aromatic N) is 3. The highest BCUT2D eigenvalue weighted by atomic mass is 19.1. The van der Waals surface area contributed by atoms with Gasteiger partial charge in [0.05, 0.1) is 17.9 Å². The summed E-state index contributed by atoms with van der Waals surface area (Å²) in [7, 11) is 0. The van der Waals surface area contributed by atoms with Crippen molar-refractivity contribution in [2.45, 2.75) is 31.7 Å². The third kappa shape index (κ3) is 3.49. The monoisotopic (exact) mass is 354 g/mol. The highest BCUT2D eigenvalue weighted by molar-refractivity contribution is 5.89. The van der Waals surface area contributed by atoms with Crippen molar-refractivity contribution in [2.75, 3.05) is 29.9 Å². The summed E-state index contributed by atoms with van der Waals surface area (Å²) < 4.78 is 13.2. The Labute approximate surface area is 152 Å². The van der Waals surface area contributed by atoms with Crippen LogP contribution in [0.1, 0.15) is 37.3 Å². The van der Waals surface area contributed by atoms with Gasteiger partial charge >= 0.3 is 6.03 Å². The predicted molar refractivity (Wildman–Crippen MR) is 99.8 cm³/mol. The number of amides is 2. The number of hydrogen-bond donors (Lipinski definition) is 1. The number of nitrogens with one attached hydrogen (secondary N) is 1. The number of hydrogen-bond acceptors (Lipinski definition) is 3. The van der Waals surface area contributed by atoms with Gasteiger partial charge in [0.2, 0.25) is 0 Å². The van der Waals surface area contributed by atoms with Gasteiger partial charge in [0.15, 0.2) is 0 Å². The second-order valence-electron chi connectivity index (χ2n) is 6.93. The molecule has 2 aromatic rings. The Kier molecular flexibility index (Phi) is 4.73. The molecule has 2 saturated heterocycles. The third-order valence-electron chi connectivity index (χ3n) is 5.20. The summed E-state index contributed by atoms with van der Waals surface area (Å²) in [6.45, 7) is 2.80. The van der Waals surface area contributed by atoms with E-state index in [0.717, 1.165) is 37.3 Å². The molecule has 3 heterocycles. The van der Waals surface area contributed by atoms with Crippen LogP contribution in [0.3, 0.4) is 0 Å². The lowest BCUT2D eigenvalue weighted by atomic mass is 10.0. The summed E-state index contributed by atoms with van der Waals surface area (Å²) in [6, 6.07) is 10.1. The van der Waals surface area contributed by atoms with Crippen molar-refractivity contribution < 1.29 is 9.18 Å². The second-order valence-corrected chi connectivity index (χ2v) is 6.93. The molecule has 2 aliphatic heterocycles. The molecule has 6 heteroatoms. The summed E-state index contributed by atoms with van der Waals surface area (Å²) in [4.78, 5) is 21.3. The van der Waals surface area contributed by atoms with Crippen LogP contribution in [0, 0.1) is 5.82 Å². The van der Waals surface area contributed by atoms with E-state index in [1.165, 1.54) is 25.0 Å². The summed E-state index contributed by atoms with van der Waals surface area (Å²) in [5.74, 6) is 0.706. The first-order valence-corrected chi connectivity index (χ1v) is 9.25. The van der Waals surface area contributed by atoms with Gasteiger partial charge in [-0.2, -0.15) is 0 Å². The first kappa shape index (κ1) is 16.8. The molecule has 0 radical (unpaired) electrons. The van der Waals surface area contributed by atoms with E-state index in [1.54, 1.807) is 18.3 Å².